The van der Waals surface area contributed by atoms with E-state index in [1.165, 1.54) is 0 Å². The number of hydrogen-bond acceptors (Lipinski definition) is 5. The lowest BCUT2D eigenvalue weighted by molar-refractivity contribution is -0.141. The average molecular weight is 434 g/mol. The summed E-state index contributed by atoms with van der Waals surface area (Å²) in [6.45, 7) is 3.04. The monoisotopic (exact) mass is 433 g/mol. The smallest absolute Gasteiger partial charge is 0.295 e. The Balaban J connectivity index is 1.65. The van der Waals surface area contributed by atoms with Crippen molar-refractivity contribution in [3.63, 3.8) is 0 Å². The number of amides is 1. The molecular weight excluding hydrogens is 406 g/mol. The molecule has 5 rings (SSSR count). The molecule has 3 aliphatic rings. The first kappa shape index (κ1) is 20.6. The molecule has 1 amide bonds. The van der Waals surface area contributed by atoms with Gasteiger partial charge in [-0.1, -0.05) is 25.0 Å². The zero-order chi connectivity index (χ0) is 22.2. The van der Waals surface area contributed by atoms with Crippen LogP contribution in [0.5, 0.6) is 11.5 Å². The normalized spacial score (nSPS) is 22.3. The second-order valence-electron chi connectivity index (χ2n) is 8.57. The lowest BCUT2D eigenvalue weighted by Gasteiger charge is -2.31. The summed E-state index contributed by atoms with van der Waals surface area (Å²) in [6, 6.07) is 12.3. The van der Waals surface area contributed by atoms with E-state index in [4.69, 9.17) is 9.47 Å². The third-order valence-electron chi connectivity index (χ3n) is 6.65. The third-order valence-corrected chi connectivity index (χ3v) is 6.65. The van der Waals surface area contributed by atoms with Crippen molar-refractivity contribution in [1.82, 2.24) is 4.90 Å². The quantitative estimate of drug-likeness (QED) is 0.430. The number of aliphatic hydroxyl groups is 1. The van der Waals surface area contributed by atoms with Gasteiger partial charge in [-0.3, -0.25) is 9.59 Å². The number of nitrogens with zero attached hydrogens (tertiary/aromatic N) is 1. The Morgan fingerprint density at radius 3 is 2.75 bits per heavy atom. The van der Waals surface area contributed by atoms with Crippen LogP contribution in [-0.2, 0) is 16.0 Å². The maximum Gasteiger partial charge on any atom is 0.295 e. The minimum atomic E-state index is -0.636. The van der Waals surface area contributed by atoms with E-state index in [2.05, 4.69) is 0 Å². The van der Waals surface area contributed by atoms with E-state index in [1.807, 2.05) is 43.3 Å². The van der Waals surface area contributed by atoms with Gasteiger partial charge >= 0.3 is 0 Å². The Hall–Kier alpha value is -3.28. The van der Waals surface area contributed by atoms with E-state index in [-0.39, 0.29) is 17.4 Å². The number of fused-ring (bicyclic) bond motifs is 1. The summed E-state index contributed by atoms with van der Waals surface area (Å²) in [5.41, 5.74) is 2.45. The molecule has 166 valence electrons. The number of hydrogen-bond donors (Lipinski definition) is 1. The van der Waals surface area contributed by atoms with Crippen LogP contribution < -0.4 is 9.47 Å². The minimum absolute atomic E-state index is 0.00841. The molecule has 2 fully saturated rings. The van der Waals surface area contributed by atoms with Gasteiger partial charge in [-0.25, -0.2) is 0 Å². The van der Waals surface area contributed by atoms with Gasteiger partial charge in [-0.05, 0) is 61.2 Å². The third kappa shape index (κ3) is 3.44. The molecule has 0 radical (unpaired) electrons. The Kier molecular flexibility index (Phi) is 5.37. The molecule has 2 aromatic carbocycles. The molecule has 1 saturated heterocycles. The first-order valence-electron chi connectivity index (χ1n) is 11.4. The fraction of sp³-hybridized carbons (Fsp3) is 0.385. The molecule has 0 bridgehead atoms. The molecular formula is C26H27NO5. The van der Waals surface area contributed by atoms with Gasteiger partial charge in [0.05, 0.1) is 24.8 Å². The van der Waals surface area contributed by atoms with Crippen molar-refractivity contribution in [3.8, 4) is 11.5 Å². The van der Waals surface area contributed by atoms with Crippen LogP contribution in [0.4, 0.5) is 0 Å². The highest BCUT2D eigenvalue weighted by Crippen LogP contribution is 2.44. The zero-order valence-corrected chi connectivity index (χ0v) is 18.2. The van der Waals surface area contributed by atoms with Crippen molar-refractivity contribution < 1.29 is 24.2 Å². The second kappa shape index (κ2) is 8.34. The first-order valence-corrected chi connectivity index (χ1v) is 11.4. The largest absolute Gasteiger partial charge is 0.507 e. The molecule has 32 heavy (non-hydrogen) atoms. The first-order chi connectivity index (χ1) is 15.6. The van der Waals surface area contributed by atoms with Gasteiger partial charge in [0.25, 0.3) is 11.7 Å². The number of ether oxygens (including phenoxy) is 2. The molecule has 0 aromatic heterocycles. The standard InChI is InChI=1S/C26H27NO5/c1-2-31-20-9-5-6-17(15-20)23-22(25(29)26(30)27(23)19-7-3-4-8-19)24(28)18-10-11-21-16(14-18)12-13-32-21/h5-6,9-11,14-15,19,23,28H,2-4,7-8,12-13H2,1H3/b24-22-. The van der Waals surface area contributed by atoms with Gasteiger partial charge in [-0.2, -0.15) is 0 Å². The predicted octanol–water partition coefficient (Wildman–Crippen LogP) is 4.38. The van der Waals surface area contributed by atoms with E-state index in [0.29, 0.717) is 24.5 Å². The summed E-state index contributed by atoms with van der Waals surface area (Å²) in [6.07, 6.45) is 4.55. The maximum atomic E-state index is 13.3. The molecule has 1 atom stereocenters. The van der Waals surface area contributed by atoms with Gasteiger partial charge in [0.2, 0.25) is 0 Å². The van der Waals surface area contributed by atoms with Crippen molar-refractivity contribution in [3.05, 3.63) is 64.7 Å². The number of rotatable bonds is 5. The van der Waals surface area contributed by atoms with Gasteiger partial charge in [0.1, 0.15) is 17.3 Å². The Labute approximate surface area is 187 Å². The molecule has 2 aromatic rings. The molecule has 2 aliphatic heterocycles. The van der Waals surface area contributed by atoms with Gasteiger partial charge in [0, 0.05) is 18.0 Å². The summed E-state index contributed by atoms with van der Waals surface area (Å²) in [5, 5.41) is 11.3. The topological polar surface area (TPSA) is 76.1 Å². The van der Waals surface area contributed by atoms with E-state index in [9.17, 15) is 14.7 Å². The number of carbonyl (C=O) groups is 2. The molecule has 0 spiro atoms. The van der Waals surface area contributed by atoms with E-state index >= 15 is 0 Å². The lowest BCUT2D eigenvalue weighted by atomic mass is 9.94. The van der Waals surface area contributed by atoms with Gasteiger partial charge in [-0.15, -0.1) is 0 Å². The van der Waals surface area contributed by atoms with E-state index in [0.717, 1.165) is 49.0 Å². The van der Waals surface area contributed by atoms with Crippen molar-refractivity contribution in [2.45, 2.75) is 51.1 Å². The summed E-state index contributed by atoms with van der Waals surface area (Å²) in [7, 11) is 0. The number of carbonyl (C=O) groups excluding carboxylic acids is 2. The Bertz CT molecular complexity index is 1100. The number of benzene rings is 2. The molecule has 1 N–H and O–H groups in total. The van der Waals surface area contributed by atoms with Crippen LogP contribution in [0, 0.1) is 0 Å². The molecule has 6 heteroatoms. The number of likely N-dealkylation sites (tertiary alicyclic amines) is 1. The minimum Gasteiger partial charge on any atom is -0.507 e. The van der Waals surface area contributed by atoms with Crippen molar-refractivity contribution in [2.75, 3.05) is 13.2 Å². The second-order valence-corrected chi connectivity index (χ2v) is 8.57. The van der Waals surface area contributed by atoms with Crippen LogP contribution in [0.1, 0.15) is 55.3 Å². The molecule has 2 heterocycles. The van der Waals surface area contributed by atoms with E-state index in [1.54, 1.807) is 11.0 Å². The zero-order valence-electron chi connectivity index (χ0n) is 18.2. The van der Waals surface area contributed by atoms with Crippen LogP contribution in [0.25, 0.3) is 5.76 Å². The molecule has 1 aliphatic carbocycles. The van der Waals surface area contributed by atoms with Crippen LogP contribution in [0.2, 0.25) is 0 Å². The summed E-state index contributed by atoms with van der Waals surface area (Å²) >= 11 is 0. The molecule has 1 saturated carbocycles. The predicted molar refractivity (Wildman–Crippen MR) is 120 cm³/mol. The summed E-state index contributed by atoms with van der Waals surface area (Å²) < 4.78 is 11.2. The fourth-order valence-electron chi connectivity index (χ4n) is 5.17. The summed E-state index contributed by atoms with van der Waals surface area (Å²) in [4.78, 5) is 28.1. The number of Topliss-reactive ketones (excluding diaryl/α,β-unsaturated/α-hetero) is 1. The van der Waals surface area contributed by atoms with Crippen LogP contribution in [0.15, 0.2) is 48.0 Å². The molecule has 6 nitrogen and oxygen atoms in total. The van der Waals surface area contributed by atoms with Crippen molar-refractivity contribution >= 4 is 17.4 Å². The van der Waals surface area contributed by atoms with Crippen LogP contribution in [-0.4, -0.2) is 41.0 Å². The number of aliphatic hydroxyl groups excluding tert-OH is 1. The average Bonchev–Trinajstić information content (AvgIpc) is 3.54. The highest BCUT2D eigenvalue weighted by molar-refractivity contribution is 6.46. The highest BCUT2D eigenvalue weighted by atomic mass is 16.5. The SMILES string of the molecule is CCOc1cccc(C2/C(=C(/O)c3ccc4c(c3)CCO4)C(=O)C(=O)N2C2CCCC2)c1. The Morgan fingerprint density at radius 2 is 1.97 bits per heavy atom. The Morgan fingerprint density at radius 1 is 1.16 bits per heavy atom. The van der Waals surface area contributed by atoms with Gasteiger partial charge < -0.3 is 19.5 Å². The van der Waals surface area contributed by atoms with E-state index < -0.39 is 17.7 Å². The molecule has 1 unspecified atom stereocenters. The van der Waals surface area contributed by atoms with Crippen LogP contribution >= 0.6 is 0 Å². The highest BCUT2D eigenvalue weighted by Gasteiger charge is 2.49. The van der Waals surface area contributed by atoms with Crippen molar-refractivity contribution in [1.29, 1.82) is 0 Å². The van der Waals surface area contributed by atoms with Crippen LogP contribution in [0.3, 0.4) is 0 Å². The summed E-state index contributed by atoms with van der Waals surface area (Å²) in [5.74, 6) is 0.184. The van der Waals surface area contributed by atoms with Gasteiger partial charge in [0.15, 0.2) is 0 Å². The number of ketones is 1. The lowest BCUT2D eigenvalue weighted by Crippen LogP contribution is -2.37. The van der Waals surface area contributed by atoms with Crippen molar-refractivity contribution in [2.24, 2.45) is 0 Å². The maximum absolute atomic E-state index is 13.3. The fourth-order valence-corrected chi connectivity index (χ4v) is 5.17.